The molecule has 1 fully saturated rings. The molecule has 0 amide bonds. The average molecular weight is 166 g/mol. The molecule has 1 saturated heterocycles. The van der Waals surface area contributed by atoms with Crippen molar-refractivity contribution in [1.29, 1.82) is 0 Å². The fourth-order valence-corrected chi connectivity index (χ4v) is 1.70. The molecule has 0 saturated carbocycles. The first-order valence-corrected chi connectivity index (χ1v) is 4.74. The van der Waals surface area contributed by atoms with Crippen LogP contribution >= 0.6 is 0 Å². The van der Waals surface area contributed by atoms with Crippen molar-refractivity contribution >= 4 is 0 Å². The summed E-state index contributed by atoms with van der Waals surface area (Å²) in [5, 5.41) is 0. The van der Waals surface area contributed by atoms with Gasteiger partial charge in [-0.1, -0.05) is 0 Å². The fraction of sp³-hybridized carbons (Fsp3) is 0.800. The number of likely N-dealkylation sites (tertiary alicyclic amines) is 1. The number of piperidine rings is 1. The van der Waals surface area contributed by atoms with Crippen LogP contribution in [0.25, 0.3) is 0 Å². The Morgan fingerprint density at radius 2 is 2.42 bits per heavy atom. The topological polar surface area (TPSA) is 29.3 Å². The number of unbranched alkanes of at least 4 members (excludes halogenated alkanes) is 1. The molecule has 1 atom stereocenters. The lowest BCUT2D eigenvalue weighted by molar-refractivity contribution is 0.208. The predicted molar refractivity (Wildman–Crippen MR) is 51.7 cm³/mol. The van der Waals surface area contributed by atoms with Gasteiger partial charge in [-0.15, -0.1) is 12.3 Å². The number of rotatable bonds is 3. The Hall–Kier alpha value is -0.520. The van der Waals surface area contributed by atoms with Gasteiger partial charge in [-0.3, -0.25) is 0 Å². The van der Waals surface area contributed by atoms with Crippen LogP contribution in [0.1, 0.15) is 25.7 Å². The SMILES string of the molecule is C#CCCCN1CCCC(N)C1. The summed E-state index contributed by atoms with van der Waals surface area (Å²) in [5.41, 5.74) is 5.85. The zero-order valence-corrected chi connectivity index (χ0v) is 7.63. The highest BCUT2D eigenvalue weighted by Crippen LogP contribution is 2.08. The minimum atomic E-state index is 0.393. The van der Waals surface area contributed by atoms with Gasteiger partial charge < -0.3 is 10.6 Å². The van der Waals surface area contributed by atoms with Crippen molar-refractivity contribution in [2.75, 3.05) is 19.6 Å². The zero-order chi connectivity index (χ0) is 8.81. The van der Waals surface area contributed by atoms with Crippen molar-refractivity contribution in [1.82, 2.24) is 4.90 Å². The summed E-state index contributed by atoms with van der Waals surface area (Å²) < 4.78 is 0. The molecule has 2 N–H and O–H groups in total. The highest BCUT2D eigenvalue weighted by atomic mass is 15.1. The minimum absolute atomic E-state index is 0.393. The third-order valence-electron chi connectivity index (χ3n) is 2.34. The van der Waals surface area contributed by atoms with Crippen molar-refractivity contribution < 1.29 is 0 Å². The van der Waals surface area contributed by atoms with Crippen LogP contribution in [-0.4, -0.2) is 30.6 Å². The second-order valence-electron chi connectivity index (χ2n) is 3.51. The van der Waals surface area contributed by atoms with E-state index in [1.54, 1.807) is 0 Å². The lowest BCUT2D eigenvalue weighted by atomic mass is 10.1. The summed E-state index contributed by atoms with van der Waals surface area (Å²) in [4.78, 5) is 2.42. The summed E-state index contributed by atoms with van der Waals surface area (Å²) in [6, 6.07) is 0.393. The van der Waals surface area contributed by atoms with Crippen LogP contribution in [0.15, 0.2) is 0 Å². The van der Waals surface area contributed by atoms with Crippen LogP contribution in [0, 0.1) is 12.3 Å². The highest BCUT2D eigenvalue weighted by Gasteiger charge is 2.15. The quantitative estimate of drug-likeness (QED) is 0.497. The Morgan fingerprint density at radius 1 is 1.58 bits per heavy atom. The number of hydrogen-bond donors (Lipinski definition) is 1. The molecule has 1 heterocycles. The van der Waals surface area contributed by atoms with E-state index in [9.17, 15) is 0 Å². The average Bonchev–Trinajstić information content (AvgIpc) is 2.05. The molecule has 1 aliphatic heterocycles. The molecule has 0 radical (unpaired) electrons. The van der Waals surface area contributed by atoms with Crippen molar-refractivity contribution in [2.45, 2.75) is 31.7 Å². The molecule has 0 spiro atoms. The minimum Gasteiger partial charge on any atom is -0.327 e. The van der Waals surface area contributed by atoms with Crippen molar-refractivity contribution in [3.8, 4) is 12.3 Å². The van der Waals surface area contributed by atoms with Gasteiger partial charge in [-0.2, -0.15) is 0 Å². The summed E-state index contributed by atoms with van der Waals surface area (Å²) in [5.74, 6) is 2.66. The molecule has 2 heteroatoms. The fourth-order valence-electron chi connectivity index (χ4n) is 1.70. The van der Waals surface area contributed by atoms with Gasteiger partial charge in [0, 0.05) is 19.0 Å². The second kappa shape index (κ2) is 5.18. The monoisotopic (exact) mass is 166 g/mol. The smallest absolute Gasteiger partial charge is 0.0168 e. The first kappa shape index (κ1) is 9.57. The van der Waals surface area contributed by atoms with Crippen molar-refractivity contribution in [3.05, 3.63) is 0 Å². The summed E-state index contributed by atoms with van der Waals surface area (Å²) in [7, 11) is 0. The Kier molecular flexibility index (Phi) is 4.13. The van der Waals surface area contributed by atoms with Gasteiger partial charge in [-0.05, 0) is 32.4 Å². The number of hydrogen-bond acceptors (Lipinski definition) is 2. The van der Waals surface area contributed by atoms with E-state index < -0.39 is 0 Å². The van der Waals surface area contributed by atoms with Gasteiger partial charge in [0.2, 0.25) is 0 Å². The summed E-state index contributed by atoms with van der Waals surface area (Å²) in [6.07, 6.45) is 9.62. The molecule has 0 aliphatic carbocycles. The van der Waals surface area contributed by atoms with Gasteiger partial charge in [0.25, 0.3) is 0 Å². The lowest BCUT2D eigenvalue weighted by Crippen LogP contribution is -2.43. The normalized spacial score (nSPS) is 25.2. The largest absolute Gasteiger partial charge is 0.327 e. The Balaban J connectivity index is 2.11. The molecular weight excluding hydrogens is 148 g/mol. The number of nitrogens with zero attached hydrogens (tertiary/aromatic N) is 1. The van der Waals surface area contributed by atoms with Crippen LogP contribution < -0.4 is 5.73 Å². The summed E-state index contributed by atoms with van der Waals surface area (Å²) >= 11 is 0. The molecule has 0 aromatic carbocycles. The Labute approximate surface area is 75.1 Å². The van der Waals surface area contributed by atoms with Crippen LogP contribution in [0.2, 0.25) is 0 Å². The molecule has 1 unspecified atom stereocenters. The number of nitrogens with two attached hydrogens (primary N) is 1. The van der Waals surface area contributed by atoms with Gasteiger partial charge in [-0.25, -0.2) is 0 Å². The maximum Gasteiger partial charge on any atom is 0.0168 e. The number of terminal acetylenes is 1. The van der Waals surface area contributed by atoms with Crippen LogP contribution in [-0.2, 0) is 0 Å². The first-order valence-electron chi connectivity index (χ1n) is 4.74. The van der Waals surface area contributed by atoms with E-state index in [-0.39, 0.29) is 0 Å². The van der Waals surface area contributed by atoms with Gasteiger partial charge in [0.05, 0.1) is 0 Å². The van der Waals surface area contributed by atoms with E-state index in [0.29, 0.717) is 6.04 Å². The van der Waals surface area contributed by atoms with E-state index in [0.717, 1.165) is 25.9 Å². The maximum absolute atomic E-state index is 5.85. The van der Waals surface area contributed by atoms with Crippen LogP contribution in [0.3, 0.4) is 0 Å². The Morgan fingerprint density at radius 3 is 3.08 bits per heavy atom. The lowest BCUT2D eigenvalue weighted by Gasteiger charge is -2.30. The third-order valence-corrected chi connectivity index (χ3v) is 2.34. The van der Waals surface area contributed by atoms with Gasteiger partial charge in [0.15, 0.2) is 0 Å². The van der Waals surface area contributed by atoms with E-state index in [4.69, 9.17) is 12.2 Å². The summed E-state index contributed by atoms with van der Waals surface area (Å²) in [6.45, 7) is 3.39. The van der Waals surface area contributed by atoms with E-state index in [2.05, 4.69) is 10.8 Å². The van der Waals surface area contributed by atoms with Gasteiger partial charge >= 0.3 is 0 Å². The molecule has 2 nitrogen and oxygen atoms in total. The van der Waals surface area contributed by atoms with E-state index in [1.807, 2.05) is 0 Å². The first-order chi connectivity index (χ1) is 5.83. The molecule has 0 aromatic rings. The maximum atomic E-state index is 5.85. The van der Waals surface area contributed by atoms with Crippen LogP contribution in [0.5, 0.6) is 0 Å². The zero-order valence-electron chi connectivity index (χ0n) is 7.63. The third kappa shape index (κ3) is 3.25. The predicted octanol–water partition coefficient (Wildman–Crippen LogP) is 0.823. The highest BCUT2D eigenvalue weighted by molar-refractivity contribution is 4.84. The molecule has 1 rings (SSSR count). The van der Waals surface area contributed by atoms with Crippen molar-refractivity contribution in [2.24, 2.45) is 5.73 Å². The standard InChI is InChI=1S/C10H18N2/c1-2-3-4-7-12-8-5-6-10(11)9-12/h1,10H,3-9,11H2. The molecule has 12 heavy (non-hydrogen) atoms. The molecular formula is C10H18N2. The Bertz CT molecular complexity index is 160. The van der Waals surface area contributed by atoms with E-state index in [1.165, 1.54) is 19.4 Å². The molecule has 1 aliphatic rings. The molecule has 68 valence electrons. The molecule has 0 aromatic heterocycles. The van der Waals surface area contributed by atoms with E-state index >= 15 is 0 Å². The second-order valence-corrected chi connectivity index (χ2v) is 3.51. The molecule has 0 bridgehead atoms. The van der Waals surface area contributed by atoms with Crippen LogP contribution in [0.4, 0.5) is 0 Å². The van der Waals surface area contributed by atoms with Gasteiger partial charge in [0.1, 0.15) is 0 Å². The van der Waals surface area contributed by atoms with Crippen molar-refractivity contribution in [3.63, 3.8) is 0 Å².